The predicted molar refractivity (Wildman–Crippen MR) is 55.5 cm³/mol. The van der Waals surface area contributed by atoms with Gasteiger partial charge in [-0.25, -0.2) is 15.0 Å². The molecule has 0 spiro atoms. The molecule has 0 saturated heterocycles. The molecule has 0 fully saturated rings. The van der Waals surface area contributed by atoms with Gasteiger partial charge in [-0.2, -0.15) is 5.10 Å². The van der Waals surface area contributed by atoms with Crippen LogP contribution in [-0.4, -0.2) is 25.1 Å². The Balaban J connectivity index is 2.13. The molecule has 78 valence electrons. The molecule has 0 aliphatic heterocycles. The van der Waals surface area contributed by atoms with E-state index in [4.69, 9.17) is 11.6 Å². The lowest BCUT2D eigenvalue weighted by Gasteiger charge is -2.11. The molecular weight excluding hydrogens is 216 g/mol. The zero-order valence-corrected chi connectivity index (χ0v) is 8.73. The van der Waals surface area contributed by atoms with E-state index in [1.807, 2.05) is 6.92 Å². The minimum Gasteiger partial charge on any atom is -0.358 e. The predicted octanol–water partition coefficient (Wildman–Crippen LogP) is 1.42. The van der Waals surface area contributed by atoms with Crippen LogP contribution in [0.5, 0.6) is 0 Å². The molecule has 0 bridgehead atoms. The first-order valence-electron chi connectivity index (χ1n) is 4.35. The molecule has 2 aromatic heterocycles. The monoisotopic (exact) mass is 224 g/mol. The second kappa shape index (κ2) is 4.22. The minimum absolute atomic E-state index is 0.0540. The fourth-order valence-corrected chi connectivity index (χ4v) is 1.27. The summed E-state index contributed by atoms with van der Waals surface area (Å²) in [6.45, 7) is 1.92. The van der Waals surface area contributed by atoms with Gasteiger partial charge in [-0.1, -0.05) is 11.6 Å². The van der Waals surface area contributed by atoms with Crippen molar-refractivity contribution < 1.29 is 0 Å². The molecule has 15 heavy (non-hydrogen) atoms. The van der Waals surface area contributed by atoms with Gasteiger partial charge in [0.25, 0.3) is 0 Å². The van der Waals surface area contributed by atoms with Crippen LogP contribution in [-0.2, 0) is 0 Å². The maximum atomic E-state index is 5.85. The summed E-state index contributed by atoms with van der Waals surface area (Å²) in [5.74, 6) is 1.25. The van der Waals surface area contributed by atoms with Crippen LogP contribution >= 0.6 is 11.6 Å². The van der Waals surface area contributed by atoms with E-state index in [1.165, 1.54) is 12.5 Å². The van der Waals surface area contributed by atoms with Gasteiger partial charge in [-0.3, -0.25) is 5.10 Å². The average Bonchev–Trinajstić information content (AvgIpc) is 2.74. The summed E-state index contributed by atoms with van der Waals surface area (Å²) in [4.78, 5) is 12.0. The maximum absolute atomic E-state index is 5.85. The van der Waals surface area contributed by atoms with Crippen LogP contribution in [0.3, 0.4) is 0 Å². The van der Waals surface area contributed by atoms with Crippen molar-refractivity contribution in [1.29, 1.82) is 0 Å². The molecule has 0 aromatic carbocycles. The second-order valence-electron chi connectivity index (χ2n) is 2.93. The van der Waals surface area contributed by atoms with E-state index in [-0.39, 0.29) is 6.04 Å². The largest absolute Gasteiger partial charge is 0.358 e. The number of nitrogens with one attached hydrogen (secondary N) is 2. The molecule has 2 aromatic rings. The minimum atomic E-state index is -0.0540. The molecule has 0 amide bonds. The van der Waals surface area contributed by atoms with Gasteiger partial charge in [0.05, 0.1) is 6.04 Å². The van der Waals surface area contributed by atoms with Crippen molar-refractivity contribution in [2.45, 2.75) is 13.0 Å². The third-order valence-electron chi connectivity index (χ3n) is 1.85. The Bertz CT molecular complexity index is 428. The van der Waals surface area contributed by atoms with Crippen LogP contribution in [0.1, 0.15) is 18.8 Å². The molecule has 7 heteroatoms. The maximum Gasteiger partial charge on any atom is 0.171 e. The highest BCUT2D eigenvalue weighted by molar-refractivity contribution is 6.31. The lowest BCUT2D eigenvalue weighted by Crippen LogP contribution is -2.10. The Morgan fingerprint density at radius 1 is 1.33 bits per heavy atom. The van der Waals surface area contributed by atoms with Crippen molar-refractivity contribution in [2.24, 2.45) is 0 Å². The summed E-state index contributed by atoms with van der Waals surface area (Å²) in [6.07, 6.45) is 4.56. The Hall–Kier alpha value is -1.69. The molecule has 2 heterocycles. The van der Waals surface area contributed by atoms with Gasteiger partial charge >= 0.3 is 0 Å². The summed E-state index contributed by atoms with van der Waals surface area (Å²) < 4.78 is 0. The van der Waals surface area contributed by atoms with Crippen molar-refractivity contribution in [3.8, 4) is 0 Å². The van der Waals surface area contributed by atoms with E-state index >= 15 is 0 Å². The fourth-order valence-electron chi connectivity index (χ4n) is 1.11. The van der Waals surface area contributed by atoms with Gasteiger partial charge in [-0.15, -0.1) is 0 Å². The van der Waals surface area contributed by atoms with E-state index in [0.717, 1.165) is 5.82 Å². The van der Waals surface area contributed by atoms with Crippen molar-refractivity contribution in [3.63, 3.8) is 0 Å². The van der Waals surface area contributed by atoms with E-state index in [1.54, 1.807) is 6.20 Å². The van der Waals surface area contributed by atoms with Gasteiger partial charge in [0.2, 0.25) is 0 Å². The highest BCUT2D eigenvalue weighted by Crippen LogP contribution is 2.19. The number of aromatic amines is 1. The normalized spacial score (nSPS) is 12.4. The number of hydrogen-bond donors (Lipinski definition) is 2. The molecule has 2 rings (SSSR count). The van der Waals surface area contributed by atoms with Crippen LogP contribution in [0.25, 0.3) is 0 Å². The number of halogens is 1. The molecule has 0 saturated carbocycles. The van der Waals surface area contributed by atoms with Crippen LogP contribution in [0, 0.1) is 0 Å². The van der Waals surface area contributed by atoms with Crippen molar-refractivity contribution in [3.05, 3.63) is 29.7 Å². The first-order chi connectivity index (χ1) is 7.27. The highest BCUT2D eigenvalue weighted by Gasteiger charge is 2.10. The zero-order valence-electron chi connectivity index (χ0n) is 7.98. The average molecular weight is 225 g/mol. The zero-order chi connectivity index (χ0) is 10.7. The molecule has 1 unspecified atom stereocenters. The van der Waals surface area contributed by atoms with Gasteiger partial charge in [0.1, 0.15) is 12.2 Å². The summed E-state index contributed by atoms with van der Waals surface area (Å²) in [5.41, 5.74) is 0. The molecule has 1 atom stereocenters. The van der Waals surface area contributed by atoms with E-state index in [2.05, 4.69) is 30.5 Å². The van der Waals surface area contributed by atoms with E-state index < -0.39 is 0 Å². The Labute approximate surface area is 91.1 Å². The van der Waals surface area contributed by atoms with E-state index in [9.17, 15) is 0 Å². The number of anilines is 1. The first kappa shape index (κ1) is 9.85. The van der Waals surface area contributed by atoms with Crippen LogP contribution in [0.2, 0.25) is 5.15 Å². The lowest BCUT2D eigenvalue weighted by molar-refractivity contribution is 0.789. The quantitative estimate of drug-likeness (QED) is 0.824. The Kier molecular flexibility index (Phi) is 2.77. The van der Waals surface area contributed by atoms with Gasteiger partial charge in [0.15, 0.2) is 11.0 Å². The third kappa shape index (κ3) is 2.21. The summed E-state index contributed by atoms with van der Waals surface area (Å²) in [7, 11) is 0. The molecule has 0 aliphatic carbocycles. The molecular formula is C8H9ClN6. The number of hydrogen-bond acceptors (Lipinski definition) is 5. The van der Waals surface area contributed by atoms with Gasteiger partial charge in [-0.05, 0) is 6.92 Å². The molecule has 6 nitrogen and oxygen atoms in total. The Morgan fingerprint density at radius 3 is 2.80 bits per heavy atom. The standard InChI is InChI=1S/C8H9ClN6/c1-5(7-12-4-13-15-7)14-8-6(9)10-2-3-11-8/h2-5H,1H3,(H,11,14)(H,12,13,15). The number of aromatic nitrogens is 5. The van der Waals surface area contributed by atoms with Crippen LogP contribution < -0.4 is 5.32 Å². The molecule has 2 N–H and O–H groups in total. The first-order valence-corrected chi connectivity index (χ1v) is 4.73. The highest BCUT2D eigenvalue weighted by atomic mass is 35.5. The number of rotatable bonds is 3. The SMILES string of the molecule is CC(Nc1nccnc1Cl)c1ncn[nH]1. The van der Waals surface area contributed by atoms with Crippen molar-refractivity contribution in [2.75, 3.05) is 5.32 Å². The third-order valence-corrected chi connectivity index (χ3v) is 2.13. The smallest absolute Gasteiger partial charge is 0.171 e. The molecule has 0 radical (unpaired) electrons. The van der Waals surface area contributed by atoms with Gasteiger partial charge in [0, 0.05) is 12.4 Å². The van der Waals surface area contributed by atoms with Crippen molar-refractivity contribution >= 4 is 17.4 Å². The topological polar surface area (TPSA) is 79.4 Å². The van der Waals surface area contributed by atoms with Crippen molar-refractivity contribution in [1.82, 2.24) is 25.1 Å². The number of nitrogens with zero attached hydrogens (tertiary/aromatic N) is 4. The van der Waals surface area contributed by atoms with Crippen LogP contribution in [0.15, 0.2) is 18.7 Å². The van der Waals surface area contributed by atoms with Gasteiger partial charge < -0.3 is 5.32 Å². The summed E-state index contributed by atoms with van der Waals surface area (Å²) in [6, 6.07) is -0.0540. The second-order valence-corrected chi connectivity index (χ2v) is 3.29. The Morgan fingerprint density at radius 2 is 2.13 bits per heavy atom. The van der Waals surface area contributed by atoms with Crippen LogP contribution in [0.4, 0.5) is 5.82 Å². The number of H-pyrrole nitrogens is 1. The summed E-state index contributed by atoms with van der Waals surface area (Å²) in [5, 5.41) is 9.93. The van der Waals surface area contributed by atoms with E-state index in [0.29, 0.717) is 11.0 Å². The lowest BCUT2D eigenvalue weighted by atomic mass is 10.3. The fraction of sp³-hybridized carbons (Fsp3) is 0.250. The molecule has 0 aliphatic rings. The summed E-state index contributed by atoms with van der Waals surface area (Å²) >= 11 is 5.85.